The molecule has 0 amide bonds. The average molecular weight is 411 g/mol. The number of fused-ring (bicyclic) bond motifs is 4. The fourth-order valence-electron chi connectivity index (χ4n) is 3.60. The van der Waals surface area contributed by atoms with Crippen molar-refractivity contribution >= 4 is 46.9 Å². The van der Waals surface area contributed by atoms with Gasteiger partial charge in [0.1, 0.15) is 10.6 Å². The van der Waals surface area contributed by atoms with Crippen LogP contribution in [0.2, 0.25) is 10.0 Å². The van der Waals surface area contributed by atoms with Crippen LogP contribution in [0.4, 0.5) is 0 Å². The van der Waals surface area contributed by atoms with Crippen LogP contribution < -0.4 is 4.74 Å². The number of benzene rings is 1. The first kappa shape index (κ1) is 16.6. The zero-order chi connectivity index (χ0) is 17.7. The van der Waals surface area contributed by atoms with Gasteiger partial charge in [0.25, 0.3) is 5.90 Å². The van der Waals surface area contributed by atoms with Crippen LogP contribution >= 0.6 is 35.0 Å². The van der Waals surface area contributed by atoms with Crippen molar-refractivity contribution in [2.75, 3.05) is 6.61 Å². The number of nitrogens with zero attached hydrogens (tertiary/aromatic N) is 4. The van der Waals surface area contributed by atoms with Crippen molar-refractivity contribution < 1.29 is 9.47 Å². The van der Waals surface area contributed by atoms with Gasteiger partial charge in [-0.2, -0.15) is 5.01 Å². The van der Waals surface area contributed by atoms with Gasteiger partial charge in [-0.3, -0.25) is 0 Å². The monoisotopic (exact) mass is 410 g/mol. The SMILES string of the molecule is Clc1ccc(OCC2=NN3C4=CSC5(CCCCC5)N4N=C3O2)c(Cl)c1. The molecular weight excluding hydrogens is 395 g/mol. The predicted octanol–water partition coefficient (Wildman–Crippen LogP) is 4.81. The molecule has 0 atom stereocenters. The molecule has 0 saturated heterocycles. The highest BCUT2D eigenvalue weighted by Gasteiger charge is 2.51. The molecule has 1 saturated carbocycles. The van der Waals surface area contributed by atoms with Crippen molar-refractivity contribution in [1.82, 2.24) is 10.0 Å². The molecule has 26 heavy (non-hydrogen) atoms. The van der Waals surface area contributed by atoms with Gasteiger partial charge in [0, 0.05) is 10.4 Å². The summed E-state index contributed by atoms with van der Waals surface area (Å²) in [7, 11) is 0. The smallest absolute Gasteiger partial charge is 0.344 e. The molecule has 5 rings (SSSR count). The number of hydrogen-bond acceptors (Lipinski definition) is 7. The Balaban J connectivity index is 1.28. The minimum atomic E-state index is 0.0390. The molecule has 1 aromatic rings. The standard InChI is InChI=1S/C17H16Cl2N4O2S/c18-11-4-5-13(12(19)8-11)24-9-14-20-22-15-10-26-17(6-2-1-3-7-17)23(15)21-16(22)25-14/h4-5,8,10H,1-3,6-7,9H2. The fraction of sp³-hybridized carbons (Fsp3) is 0.412. The molecule has 0 radical (unpaired) electrons. The fourth-order valence-corrected chi connectivity index (χ4v) is 5.34. The normalized spacial score (nSPS) is 22.6. The third-order valence-electron chi connectivity index (χ3n) is 4.87. The van der Waals surface area contributed by atoms with E-state index >= 15 is 0 Å². The third-order valence-corrected chi connectivity index (χ3v) is 6.75. The molecule has 6 nitrogen and oxygen atoms in total. The lowest BCUT2D eigenvalue weighted by molar-refractivity contribution is 0.170. The van der Waals surface area contributed by atoms with E-state index < -0.39 is 0 Å². The number of amidine groups is 1. The van der Waals surface area contributed by atoms with Gasteiger partial charge >= 0.3 is 6.02 Å². The number of hydrazone groups is 2. The first-order chi connectivity index (χ1) is 12.6. The summed E-state index contributed by atoms with van der Waals surface area (Å²) in [5, 5.41) is 16.2. The van der Waals surface area contributed by atoms with E-state index in [1.54, 1.807) is 23.2 Å². The summed E-state index contributed by atoms with van der Waals surface area (Å²) in [6.45, 7) is 0.169. The molecule has 4 aliphatic rings. The lowest BCUT2D eigenvalue weighted by atomic mass is 9.94. The lowest BCUT2D eigenvalue weighted by Gasteiger charge is -2.37. The molecule has 3 aliphatic heterocycles. The lowest BCUT2D eigenvalue weighted by Crippen LogP contribution is -2.40. The molecule has 0 unspecified atom stereocenters. The summed E-state index contributed by atoms with van der Waals surface area (Å²) in [6.07, 6.45) is 6.05. The number of halogens is 2. The predicted molar refractivity (Wildman–Crippen MR) is 103 cm³/mol. The number of hydrogen-bond donors (Lipinski definition) is 0. The van der Waals surface area contributed by atoms with Crippen molar-refractivity contribution in [3.63, 3.8) is 0 Å². The maximum atomic E-state index is 6.12. The maximum absolute atomic E-state index is 6.12. The summed E-state index contributed by atoms with van der Waals surface area (Å²) in [4.78, 5) is 0.0390. The van der Waals surface area contributed by atoms with Gasteiger partial charge in [-0.05, 0) is 31.0 Å². The molecule has 0 N–H and O–H groups in total. The number of rotatable bonds is 3. The van der Waals surface area contributed by atoms with Gasteiger partial charge in [0.2, 0.25) is 0 Å². The zero-order valence-corrected chi connectivity index (χ0v) is 16.1. The highest BCUT2D eigenvalue weighted by atomic mass is 35.5. The Hall–Kier alpha value is -1.57. The van der Waals surface area contributed by atoms with Crippen LogP contribution in [0, 0.1) is 0 Å². The van der Waals surface area contributed by atoms with E-state index in [-0.39, 0.29) is 11.5 Å². The average Bonchev–Trinajstić information content (AvgIpc) is 3.27. The molecule has 3 heterocycles. The van der Waals surface area contributed by atoms with Crippen LogP contribution in [0.5, 0.6) is 5.75 Å². The number of ether oxygens (including phenoxy) is 2. The highest BCUT2D eigenvalue weighted by Crippen LogP contribution is 2.53. The second kappa shape index (κ2) is 6.25. The maximum Gasteiger partial charge on any atom is 0.344 e. The summed E-state index contributed by atoms with van der Waals surface area (Å²) < 4.78 is 11.5. The van der Waals surface area contributed by atoms with Gasteiger partial charge in [0.15, 0.2) is 12.4 Å². The Morgan fingerprint density at radius 1 is 1.19 bits per heavy atom. The minimum absolute atomic E-state index is 0.0390. The summed E-state index contributed by atoms with van der Waals surface area (Å²) >= 11 is 13.9. The van der Waals surface area contributed by atoms with Gasteiger partial charge in [-0.15, -0.1) is 10.2 Å². The molecule has 1 aliphatic carbocycles. The van der Waals surface area contributed by atoms with Gasteiger partial charge in [-0.25, -0.2) is 5.01 Å². The van der Waals surface area contributed by atoms with Crippen LogP contribution in [-0.2, 0) is 4.74 Å². The van der Waals surface area contributed by atoms with Crippen LogP contribution in [0.1, 0.15) is 32.1 Å². The second-order valence-electron chi connectivity index (χ2n) is 6.57. The van der Waals surface area contributed by atoms with Gasteiger partial charge in [-0.1, -0.05) is 54.2 Å². The molecule has 1 spiro atoms. The summed E-state index contributed by atoms with van der Waals surface area (Å²) in [6, 6.07) is 5.58. The van der Waals surface area contributed by atoms with Crippen molar-refractivity contribution in [3.05, 3.63) is 39.5 Å². The molecular formula is C17H16Cl2N4O2S. The van der Waals surface area contributed by atoms with Crippen LogP contribution in [0.15, 0.2) is 39.6 Å². The Morgan fingerprint density at radius 3 is 2.85 bits per heavy atom. The molecule has 9 heteroatoms. The van der Waals surface area contributed by atoms with Crippen LogP contribution in [0.3, 0.4) is 0 Å². The Morgan fingerprint density at radius 2 is 2.04 bits per heavy atom. The second-order valence-corrected chi connectivity index (χ2v) is 8.64. The third kappa shape index (κ3) is 2.64. The van der Waals surface area contributed by atoms with E-state index in [4.69, 9.17) is 32.7 Å². The van der Waals surface area contributed by atoms with E-state index in [9.17, 15) is 0 Å². The number of thioether (sulfide) groups is 1. The summed E-state index contributed by atoms with van der Waals surface area (Å²) in [5.74, 6) is 1.95. The van der Waals surface area contributed by atoms with E-state index in [0.717, 1.165) is 18.7 Å². The Bertz CT molecular complexity index is 851. The van der Waals surface area contributed by atoms with E-state index in [2.05, 4.69) is 20.6 Å². The van der Waals surface area contributed by atoms with Crippen molar-refractivity contribution in [1.29, 1.82) is 0 Å². The Labute approximate surface area is 165 Å². The molecule has 0 bridgehead atoms. The molecule has 1 fully saturated rings. The highest BCUT2D eigenvalue weighted by molar-refractivity contribution is 8.03. The quantitative estimate of drug-likeness (QED) is 0.715. The molecule has 0 aromatic heterocycles. The zero-order valence-electron chi connectivity index (χ0n) is 13.8. The Kier molecular flexibility index (Phi) is 3.99. The van der Waals surface area contributed by atoms with E-state index in [1.165, 1.54) is 19.3 Å². The van der Waals surface area contributed by atoms with Crippen molar-refractivity contribution in [3.8, 4) is 5.75 Å². The van der Waals surface area contributed by atoms with Crippen LogP contribution in [0.25, 0.3) is 0 Å². The van der Waals surface area contributed by atoms with Crippen LogP contribution in [-0.4, -0.2) is 33.4 Å². The topological polar surface area (TPSA) is 49.7 Å². The summed E-state index contributed by atoms with van der Waals surface area (Å²) in [5.41, 5.74) is 0. The first-order valence-corrected chi connectivity index (χ1v) is 10.2. The first-order valence-electron chi connectivity index (χ1n) is 8.55. The van der Waals surface area contributed by atoms with Gasteiger partial charge < -0.3 is 9.47 Å². The van der Waals surface area contributed by atoms with E-state index in [1.807, 2.05) is 11.8 Å². The minimum Gasteiger partial charge on any atom is -0.482 e. The van der Waals surface area contributed by atoms with Gasteiger partial charge in [0.05, 0.1) is 5.02 Å². The largest absolute Gasteiger partial charge is 0.482 e. The van der Waals surface area contributed by atoms with E-state index in [0.29, 0.717) is 27.7 Å². The molecule has 1 aromatic carbocycles. The van der Waals surface area contributed by atoms with Crippen molar-refractivity contribution in [2.45, 2.75) is 37.0 Å². The molecule has 136 valence electrons. The van der Waals surface area contributed by atoms with Crippen molar-refractivity contribution in [2.24, 2.45) is 10.2 Å².